The summed E-state index contributed by atoms with van der Waals surface area (Å²) in [5.74, 6) is -2.01. The fraction of sp³-hybridized carbons (Fsp3) is 0.476. The molecule has 1 aliphatic heterocycles. The number of amides is 1. The molecule has 0 bridgehead atoms. The third-order valence-electron chi connectivity index (χ3n) is 5.17. The first kappa shape index (κ1) is 22.8. The van der Waals surface area contributed by atoms with Crippen LogP contribution in [0.4, 0.5) is 13.2 Å². The van der Waals surface area contributed by atoms with E-state index >= 15 is 0 Å². The molecule has 0 unspecified atom stereocenters. The van der Waals surface area contributed by atoms with E-state index in [0.717, 1.165) is 37.5 Å². The minimum Gasteiger partial charge on any atom is -0.475 e. The van der Waals surface area contributed by atoms with E-state index in [1.165, 1.54) is 19.1 Å². The van der Waals surface area contributed by atoms with E-state index < -0.39 is 12.1 Å². The van der Waals surface area contributed by atoms with Crippen LogP contribution < -0.4 is 0 Å². The molecule has 10 heteroatoms. The van der Waals surface area contributed by atoms with Crippen molar-refractivity contribution in [3.63, 3.8) is 0 Å². The van der Waals surface area contributed by atoms with Crippen LogP contribution in [0.1, 0.15) is 35.2 Å². The molecule has 168 valence electrons. The van der Waals surface area contributed by atoms with Gasteiger partial charge in [0.05, 0.1) is 24.0 Å². The van der Waals surface area contributed by atoms with Crippen molar-refractivity contribution in [1.29, 1.82) is 0 Å². The summed E-state index contributed by atoms with van der Waals surface area (Å²) < 4.78 is 43.0. The highest BCUT2D eigenvalue weighted by Gasteiger charge is 2.39. The highest BCUT2D eigenvalue weighted by molar-refractivity contribution is 5.94. The van der Waals surface area contributed by atoms with Crippen molar-refractivity contribution in [2.75, 3.05) is 13.2 Å². The molecule has 7 nitrogen and oxygen atoms in total. The van der Waals surface area contributed by atoms with Gasteiger partial charge in [-0.2, -0.15) is 13.2 Å². The first-order chi connectivity index (χ1) is 14.8. The van der Waals surface area contributed by atoms with Gasteiger partial charge in [-0.15, -0.1) is 0 Å². The molecular weight excluding hydrogens is 417 g/mol. The van der Waals surface area contributed by atoms with Gasteiger partial charge in [-0.25, -0.2) is 4.79 Å². The fourth-order valence-corrected chi connectivity index (χ4v) is 3.37. The summed E-state index contributed by atoms with van der Waals surface area (Å²) >= 11 is 0. The second kappa shape index (κ2) is 9.95. The SMILES string of the molecule is O=C(O)C(F)(F)F.O=C(c1ccoc1)N1CC[C@H](OCC2CC2)[C@@H]1Cc1cccnc1. The molecule has 2 fully saturated rings. The second-order valence-corrected chi connectivity index (χ2v) is 7.55. The second-order valence-electron chi connectivity index (χ2n) is 7.55. The normalized spacial score (nSPS) is 20.8. The standard InChI is InChI=1S/C19H22N2O3.C2HF3O2/c22-19(16-6-9-23-13-16)21-8-5-18(24-12-14-3-4-14)17(21)10-15-2-1-7-20-11-15;3-2(4,5)1(6)7/h1-2,6-7,9,11,13-14,17-18H,3-5,8,10,12H2;(H,6,7)/t17-,18-;/m0./s1. The number of ether oxygens (including phenoxy) is 1. The van der Waals surface area contributed by atoms with Crippen LogP contribution in [0.15, 0.2) is 47.5 Å². The van der Waals surface area contributed by atoms with E-state index in [0.29, 0.717) is 5.56 Å². The van der Waals surface area contributed by atoms with Crippen molar-refractivity contribution >= 4 is 11.9 Å². The summed E-state index contributed by atoms with van der Waals surface area (Å²) in [6, 6.07) is 5.77. The number of aliphatic carboxylic acids is 1. The Morgan fingerprint density at radius 2 is 2.00 bits per heavy atom. The van der Waals surface area contributed by atoms with Gasteiger partial charge in [-0.05, 0) is 49.3 Å². The number of furan rings is 1. The largest absolute Gasteiger partial charge is 0.490 e. The molecular formula is C21H23F3N2O5. The lowest BCUT2D eigenvalue weighted by Gasteiger charge is -2.28. The highest BCUT2D eigenvalue weighted by atomic mass is 19.4. The number of hydrogen-bond donors (Lipinski definition) is 1. The van der Waals surface area contributed by atoms with Crippen molar-refractivity contribution in [1.82, 2.24) is 9.88 Å². The van der Waals surface area contributed by atoms with E-state index in [4.69, 9.17) is 19.1 Å². The lowest BCUT2D eigenvalue weighted by atomic mass is 10.0. The number of aromatic nitrogens is 1. The van der Waals surface area contributed by atoms with Crippen LogP contribution in [0.25, 0.3) is 0 Å². The molecule has 3 heterocycles. The van der Waals surface area contributed by atoms with E-state index in [2.05, 4.69) is 11.1 Å². The maximum absolute atomic E-state index is 12.8. The van der Waals surface area contributed by atoms with Crippen LogP contribution in [0.2, 0.25) is 0 Å². The van der Waals surface area contributed by atoms with Gasteiger partial charge in [0, 0.05) is 25.5 Å². The Hall–Kier alpha value is -2.88. The molecule has 0 radical (unpaired) electrons. The number of alkyl halides is 3. The number of carbonyl (C=O) groups excluding carboxylic acids is 1. The third kappa shape index (κ3) is 6.55. The highest BCUT2D eigenvalue weighted by Crippen LogP contribution is 2.32. The zero-order chi connectivity index (χ0) is 22.4. The van der Waals surface area contributed by atoms with Crippen molar-refractivity contribution in [2.24, 2.45) is 5.92 Å². The lowest BCUT2D eigenvalue weighted by Crippen LogP contribution is -2.42. The van der Waals surface area contributed by atoms with E-state index in [-0.39, 0.29) is 18.1 Å². The maximum atomic E-state index is 12.8. The Labute approximate surface area is 176 Å². The molecule has 31 heavy (non-hydrogen) atoms. The molecule has 1 N–H and O–H groups in total. The monoisotopic (exact) mass is 440 g/mol. The first-order valence-corrected chi connectivity index (χ1v) is 9.89. The average Bonchev–Trinajstić information content (AvgIpc) is 3.23. The number of likely N-dealkylation sites (tertiary alicyclic amines) is 1. The summed E-state index contributed by atoms with van der Waals surface area (Å²) in [6.45, 7) is 1.55. The van der Waals surface area contributed by atoms with Crippen molar-refractivity contribution in [3.8, 4) is 0 Å². The topological polar surface area (TPSA) is 92.9 Å². The van der Waals surface area contributed by atoms with Gasteiger partial charge in [0.1, 0.15) is 6.26 Å². The smallest absolute Gasteiger partial charge is 0.475 e. The Kier molecular flexibility index (Phi) is 7.32. The first-order valence-electron chi connectivity index (χ1n) is 9.89. The van der Waals surface area contributed by atoms with Gasteiger partial charge in [0.15, 0.2) is 0 Å². The molecule has 0 spiro atoms. The van der Waals surface area contributed by atoms with E-state index in [9.17, 15) is 18.0 Å². The fourth-order valence-electron chi connectivity index (χ4n) is 3.37. The van der Waals surface area contributed by atoms with Gasteiger partial charge in [0.25, 0.3) is 5.91 Å². The van der Waals surface area contributed by atoms with Crippen LogP contribution >= 0.6 is 0 Å². The summed E-state index contributed by atoms with van der Waals surface area (Å²) in [5, 5.41) is 7.12. The number of nitrogens with zero attached hydrogens (tertiary/aromatic N) is 2. The molecule has 1 saturated carbocycles. The quantitative estimate of drug-likeness (QED) is 0.739. The number of halogens is 3. The van der Waals surface area contributed by atoms with Gasteiger partial charge < -0.3 is 19.2 Å². The molecule has 2 atom stereocenters. The van der Waals surface area contributed by atoms with Gasteiger partial charge in [0.2, 0.25) is 0 Å². The van der Waals surface area contributed by atoms with Gasteiger partial charge >= 0.3 is 12.1 Å². The number of carboxylic acid groups (broad SMARTS) is 1. The molecule has 4 rings (SSSR count). The number of carboxylic acids is 1. The van der Waals surface area contributed by atoms with Gasteiger partial charge in [-0.3, -0.25) is 9.78 Å². The number of pyridine rings is 1. The van der Waals surface area contributed by atoms with Crippen LogP contribution in [0.3, 0.4) is 0 Å². The Balaban J connectivity index is 0.000000339. The molecule has 2 aliphatic rings. The van der Waals surface area contributed by atoms with Crippen molar-refractivity contribution < 1.29 is 37.0 Å². The predicted octanol–water partition coefficient (Wildman–Crippen LogP) is 3.56. The molecule has 2 aromatic heterocycles. The summed E-state index contributed by atoms with van der Waals surface area (Å²) in [5.41, 5.74) is 1.74. The summed E-state index contributed by atoms with van der Waals surface area (Å²) in [7, 11) is 0. The van der Waals surface area contributed by atoms with Crippen molar-refractivity contribution in [2.45, 2.75) is 44.0 Å². The Morgan fingerprint density at radius 3 is 2.55 bits per heavy atom. The van der Waals surface area contributed by atoms with E-state index in [1.54, 1.807) is 18.5 Å². The third-order valence-corrected chi connectivity index (χ3v) is 5.17. The zero-order valence-corrected chi connectivity index (χ0v) is 16.6. The lowest BCUT2D eigenvalue weighted by molar-refractivity contribution is -0.192. The Morgan fingerprint density at radius 1 is 1.26 bits per heavy atom. The van der Waals surface area contributed by atoms with Crippen molar-refractivity contribution in [3.05, 3.63) is 54.2 Å². The van der Waals surface area contributed by atoms with Gasteiger partial charge in [-0.1, -0.05) is 6.07 Å². The van der Waals surface area contributed by atoms with Crippen LogP contribution in [0.5, 0.6) is 0 Å². The molecule has 0 aromatic carbocycles. The summed E-state index contributed by atoms with van der Waals surface area (Å²) in [6.07, 6.45) is 5.93. The van der Waals surface area contributed by atoms with Crippen LogP contribution in [-0.2, 0) is 16.0 Å². The zero-order valence-electron chi connectivity index (χ0n) is 16.6. The Bertz CT molecular complexity index is 854. The van der Waals surface area contributed by atoms with Crippen LogP contribution in [-0.4, -0.2) is 58.3 Å². The number of rotatable bonds is 6. The minimum absolute atomic E-state index is 0.0233. The predicted molar refractivity (Wildman–Crippen MR) is 102 cm³/mol. The molecule has 2 aromatic rings. The number of hydrogen-bond acceptors (Lipinski definition) is 5. The number of carbonyl (C=O) groups is 2. The minimum atomic E-state index is -5.08. The van der Waals surface area contributed by atoms with Crippen LogP contribution in [0, 0.1) is 5.92 Å². The molecule has 1 saturated heterocycles. The average molecular weight is 440 g/mol. The molecule has 1 aliphatic carbocycles. The van der Waals surface area contributed by atoms with E-state index in [1.807, 2.05) is 17.2 Å². The summed E-state index contributed by atoms with van der Waals surface area (Å²) in [4.78, 5) is 27.8. The maximum Gasteiger partial charge on any atom is 0.490 e. The molecule has 1 amide bonds.